The molecule has 1 aromatic rings. The van der Waals surface area contributed by atoms with Crippen molar-refractivity contribution in [3.05, 3.63) is 35.9 Å². The molecule has 2 atom stereocenters. The van der Waals surface area contributed by atoms with E-state index < -0.39 is 12.1 Å². The normalized spacial score (nSPS) is 24.9. The van der Waals surface area contributed by atoms with Gasteiger partial charge in [-0.25, -0.2) is 0 Å². The summed E-state index contributed by atoms with van der Waals surface area (Å²) in [5.41, 5.74) is 1.21. The van der Waals surface area contributed by atoms with Crippen LogP contribution in [0.15, 0.2) is 30.3 Å². The van der Waals surface area contributed by atoms with Gasteiger partial charge in [0.25, 0.3) is 0 Å². The molecule has 0 radical (unpaired) electrons. The van der Waals surface area contributed by atoms with Gasteiger partial charge >= 0.3 is 5.97 Å². The van der Waals surface area contributed by atoms with Gasteiger partial charge < -0.3 is 14.7 Å². The van der Waals surface area contributed by atoms with Gasteiger partial charge in [-0.15, -0.1) is 0 Å². The highest BCUT2D eigenvalue weighted by Gasteiger charge is 2.35. The van der Waals surface area contributed by atoms with E-state index in [4.69, 9.17) is 9.84 Å². The topological polar surface area (TPSA) is 70.1 Å². The zero-order chi connectivity index (χ0) is 16.9. The highest BCUT2D eigenvalue weighted by Crippen LogP contribution is 2.23. The van der Waals surface area contributed by atoms with Gasteiger partial charge in [0.15, 0.2) is 0 Å². The fourth-order valence-electron chi connectivity index (χ4n) is 3.56. The lowest BCUT2D eigenvalue weighted by atomic mass is 10.1. The predicted molar refractivity (Wildman–Crippen MR) is 88.4 cm³/mol. The van der Waals surface area contributed by atoms with Crippen molar-refractivity contribution in [2.24, 2.45) is 0 Å². The van der Waals surface area contributed by atoms with Gasteiger partial charge in [0.1, 0.15) is 0 Å². The molecule has 6 heteroatoms. The van der Waals surface area contributed by atoms with Crippen LogP contribution in [0.5, 0.6) is 0 Å². The molecule has 6 nitrogen and oxygen atoms in total. The van der Waals surface area contributed by atoms with Gasteiger partial charge in [-0.2, -0.15) is 0 Å². The van der Waals surface area contributed by atoms with Crippen LogP contribution in [0, 0.1) is 0 Å². The number of carboxylic acids is 1. The summed E-state index contributed by atoms with van der Waals surface area (Å²) >= 11 is 0. The molecule has 2 heterocycles. The first-order valence-electron chi connectivity index (χ1n) is 8.53. The number of carboxylic acid groups (broad SMARTS) is 1. The number of ether oxygens (including phenoxy) is 1. The fourth-order valence-corrected chi connectivity index (χ4v) is 3.56. The van der Waals surface area contributed by atoms with E-state index in [0.717, 1.165) is 25.9 Å². The Balaban J connectivity index is 1.61. The SMILES string of the molecule is O=C(O)C[C@H]1CN(C(=O)[C@@H]2CCCN2Cc2ccccc2)CCO1. The van der Waals surface area contributed by atoms with Crippen LogP contribution in [0.25, 0.3) is 0 Å². The standard InChI is InChI=1S/C18H24N2O4/c21-17(22)11-15-13-20(9-10-24-15)18(23)16-7-4-8-19(16)12-14-5-2-1-3-6-14/h1-3,5-6,15-16H,4,7-13H2,(H,21,22)/t15-,16-/m0/s1. The van der Waals surface area contributed by atoms with E-state index in [-0.39, 0.29) is 18.4 Å². The largest absolute Gasteiger partial charge is 0.481 e. The van der Waals surface area contributed by atoms with Gasteiger partial charge in [-0.1, -0.05) is 30.3 Å². The lowest BCUT2D eigenvalue weighted by Crippen LogP contribution is -2.52. The second-order valence-electron chi connectivity index (χ2n) is 6.49. The zero-order valence-corrected chi connectivity index (χ0v) is 13.8. The molecular weight excluding hydrogens is 308 g/mol. The minimum atomic E-state index is -0.888. The van der Waals surface area contributed by atoms with E-state index >= 15 is 0 Å². The summed E-state index contributed by atoms with van der Waals surface area (Å²) in [5.74, 6) is -0.775. The van der Waals surface area contributed by atoms with Gasteiger partial charge in [-0.05, 0) is 24.9 Å². The summed E-state index contributed by atoms with van der Waals surface area (Å²) < 4.78 is 5.47. The molecular formula is C18H24N2O4. The van der Waals surface area contributed by atoms with Crippen molar-refractivity contribution >= 4 is 11.9 Å². The number of carbonyl (C=O) groups excluding carboxylic acids is 1. The molecule has 0 aromatic heterocycles. The molecule has 0 saturated carbocycles. The molecule has 2 fully saturated rings. The molecule has 130 valence electrons. The third-order valence-corrected chi connectivity index (χ3v) is 4.73. The Hall–Kier alpha value is -1.92. The van der Waals surface area contributed by atoms with E-state index in [9.17, 15) is 9.59 Å². The number of carbonyl (C=O) groups is 2. The minimum Gasteiger partial charge on any atom is -0.481 e. The number of morpholine rings is 1. The maximum absolute atomic E-state index is 12.9. The number of nitrogens with zero attached hydrogens (tertiary/aromatic N) is 2. The van der Waals surface area contributed by atoms with Crippen LogP contribution in [-0.4, -0.2) is 65.2 Å². The average Bonchev–Trinajstić information content (AvgIpc) is 3.03. The zero-order valence-electron chi connectivity index (χ0n) is 13.8. The second-order valence-corrected chi connectivity index (χ2v) is 6.49. The first kappa shape index (κ1) is 16.9. The Bertz CT molecular complexity index is 578. The smallest absolute Gasteiger partial charge is 0.306 e. The summed E-state index contributed by atoms with van der Waals surface area (Å²) in [7, 11) is 0. The van der Waals surface area contributed by atoms with Gasteiger partial charge in [-0.3, -0.25) is 14.5 Å². The third-order valence-electron chi connectivity index (χ3n) is 4.73. The van der Waals surface area contributed by atoms with Gasteiger partial charge in [0, 0.05) is 19.6 Å². The molecule has 2 aliphatic rings. The Morgan fingerprint density at radius 3 is 2.75 bits per heavy atom. The Morgan fingerprint density at radius 2 is 2.00 bits per heavy atom. The third kappa shape index (κ3) is 4.13. The molecule has 2 aliphatic heterocycles. The highest BCUT2D eigenvalue weighted by molar-refractivity contribution is 5.82. The fraction of sp³-hybridized carbons (Fsp3) is 0.556. The molecule has 24 heavy (non-hydrogen) atoms. The molecule has 1 N–H and O–H groups in total. The maximum atomic E-state index is 12.9. The predicted octanol–water partition coefficient (Wildman–Crippen LogP) is 1.35. The summed E-state index contributed by atoms with van der Waals surface area (Å²) in [6.07, 6.45) is 1.44. The molecule has 3 rings (SSSR count). The molecule has 1 amide bonds. The Labute approximate surface area is 142 Å². The number of likely N-dealkylation sites (tertiary alicyclic amines) is 1. The van der Waals surface area contributed by atoms with Crippen LogP contribution >= 0.6 is 0 Å². The summed E-state index contributed by atoms with van der Waals surface area (Å²) in [6, 6.07) is 10.1. The number of rotatable bonds is 5. The van der Waals surface area contributed by atoms with Crippen molar-refractivity contribution in [1.82, 2.24) is 9.80 Å². The number of amides is 1. The van der Waals surface area contributed by atoms with Gasteiger partial charge in [0.2, 0.25) is 5.91 Å². The lowest BCUT2D eigenvalue weighted by Gasteiger charge is -2.35. The molecule has 2 saturated heterocycles. The van der Waals surface area contributed by atoms with Crippen molar-refractivity contribution in [2.45, 2.75) is 38.0 Å². The van der Waals surface area contributed by atoms with E-state index in [1.165, 1.54) is 5.56 Å². The van der Waals surface area contributed by atoms with Crippen LogP contribution in [0.4, 0.5) is 0 Å². The summed E-state index contributed by atoms with van der Waals surface area (Å²) in [4.78, 5) is 27.8. The Morgan fingerprint density at radius 1 is 1.21 bits per heavy atom. The Kier molecular flexibility index (Phi) is 5.48. The summed E-state index contributed by atoms with van der Waals surface area (Å²) in [6.45, 7) is 3.04. The molecule has 1 aromatic carbocycles. The monoisotopic (exact) mass is 332 g/mol. The summed E-state index contributed by atoms with van der Waals surface area (Å²) in [5, 5.41) is 8.92. The minimum absolute atomic E-state index is 0.0534. The van der Waals surface area contributed by atoms with E-state index in [2.05, 4.69) is 17.0 Å². The van der Waals surface area contributed by atoms with Crippen LogP contribution < -0.4 is 0 Å². The van der Waals surface area contributed by atoms with Crippen LogP contribution in [0.2, 0.25) is 0 Å². The molecule has 0 unspecified atom stereocenters. The van der Waals surface area contributed by atoms with Crippen LogP contribution in [0.3, 0.4) is 0 Å². The second kappa shape index (κ2) is 7.77. The van der Waals surface area contributed by atoms with Crippen molar-refractivity contribution in [2.75, 3.05) is 26.2 Å². The van der Waals surface area contributed by atoms with Crippen molar-refractivity contribution in [1.29, 1.82) is 0 Å². The van der Waals surface area contributed by atoms with Crippen LogP contribution in [-0.2, 0) is 20.9 Å². The lowest BCUT2D eigenvalue weighted by molar-refractivity contribution is -0.150. The van der Waals surface area contributed by atoms with Crippen molar-refractivity contribution < 1.29 is 19.4 Å². The number of aliphatic carboxylic acids is 1. The number of benzene rings is 1. The molecule has 0 bridgehead atoms. The molecule has 0 spiro atoms. The van der Waals surface area contributed by atoms with Gasteiger partial charge in [0.05, 0.1) is 25.2 Å². The number of hydrogen-bond donors (Lipinski definition) is 1. The van der Waals surface area contributed by atoms with E-state index in [1.807, 2.05) is 18.2 Å². The average molecular weight is 332 g/mol. The van der Waals surface area contributed by atoms with E-state index in [0.29, 0.717) is 19.7 Å². The maximum Gasteiger partial charge on any atom is 0.306 e. The van der Waals surface area contributed by atoms with Crippen molar-refractivity contribution in [3.63, 3.8) is 0 Å². The highest BCUT2D eigenvalue weighted by atomic mass is 16.5. The van der Waals surface area contributed by atoms with Crippen molar-refractivity contribution in [3.8, 4) is 0 Å². The molecule has 0 aliphatic carbocycles. The number of hydrogen-bond acceptors (Lipinski definition) is 4. The quantitative estimate of drug-likeness (QED) is 0.881. The van der Waals surface area contributed by atoms with E-state index in [1.54, 1.807) is 4.90 Å². The first-order valence-corrected chi connectivity index (χ1v) is 8.53. The van der Waals surface area contributed by atoms with Crippen LogP contribution in [0.1, 0.15) is 24.8 Å². The first-order chi connectivity index (χ1) is 11.6.